The van der Waals surface area contributed by atoms with Gasteiger partial charge in [0.15, 0.2) is 0 Å². The van der Waals surface area contributed by atoms with Crippen LogP contribution in [0.1, 0.15) is 24.8 Å². The zero-order valence-electron chi connectivity index (χ0n) is 13.7. The predicted octanol–water partition coefficient (Wildman–Crippen LogP) is 0.730. The topological polar surface area (TPSA) is 89.0 Å². The molecule has 0 aromatic heterocycles. The summed E-state index contributed by atoms with van der Waals surface area (Å²) in [5, 5.41) is 9.08. The van der Waals surface area contributed by atoms with Gasteiger partial charge in [0, 0.05) is 25.1 Å². The van der Waals surface area contributed by atoms with Crippen LogP contribution in [0, 0.1) is 5.82 Å². The van der Waals surface area contributed by atoms with Crippen molar-refractivity contribution in [1.29, 1.82) is 0 Å². The summed E-state index contributed by atoms with van der Waals surface area (Å²) < 4.78 is 18.7. The molecule has 0 radical (unpaired) electrons. The lowest BCUT2D eigenvalue weighted by Crippen LogP contribution is -2.43. The van der Waals surface area contributed by atoms with Crippen LogP contribution in [-0.4, -0.2) is 49.4 Å². The molecule has 2 N–H and O–H groups in total. The number of rotatable bonds is 6. The molecule has 2 aliphatic heterocycles. The van der Waals surface area contributed by atoms with Crippen molar-refractivity contribution in [2.45, 2.75) is 31.5 Å². The van der Waals surface area contributed by atoms with E-state index in [1.807, 2.05) is 0 Å². The van der Waals surface area contributed by atoms with Crippen molar-refractivity contribution >= 4 is 17.5 Å². The molecule has 1 fully saturated rings. The molecule has 1 aromatic rings. The number of nitrogens with zero attached hydrogens (tertiary/aromatic N) is 1. The molecule has 0 unspecified atom stereocenters. The molecule has 2 heterocycles. The summed E-state index contributed by atoms with van der Waals surface area (Å²) in [4.78, 5) is 28.9. The van der Waals surface area contributed by atoms with E-state index < -0.39 is 12.0 Å². The molecule has 0 saturated carbocycles. The second-order valence-corrected chi connectivity index (χ2v) is 6.00. The number of hydrogen-bond acceptors (Lipinski definition) is 5. The first kappa shape index (κ1) is 17.3. The van der Waals surface area contributed by atoms with Crippen LogP contribution in [0.5, 0.6) is 0 Å². The van der Waals surface area contributed by atoms with Crippen molar-refractivity contribution in [2.24, 2.45) is 5.16 Å². The third-order valence-electron chi connectivity index (χ3n) is 4.09. The van der Waals surface area contributed by atoms with Gasteiger partial charge in [0.1, 0.15) is 5.82 Å². The van der Waals surface area contributed by atoms with Crippen LogP contribution < -0.4 is 10.6 Å². The van der Waals surface area contributed by atoms with Gasteiger partial charge in [-0.3, -0.25) is 9.59 Å². The van der Waals surface area contributed by atoms with Crippen molar-refractivity contribution < 1.29 is 23.6 Å². The maximum atomic E-state index is 13.2. The lowest BCUT2D eigenvalue weighted by Gasteiger charge is -2.12. The zero-order valence-corrected chi connectivity index (χ0v) is 13.7. The highest BCUT2D eigenvalue weighted by Crippen LogP contribution is 2.17. The Balaban J connectivity index is 1.40. The summed E-state index contributed by atoms with van der Waals surface area (Å²) in [7, 11) is 0. The Morgan fingerprint density at radius 3 is 2.96 bits per heavy atom. The first-order valence-electron chi connectivity index (χ1n) is 8.26. The summed E-state index contributed by atoms with van der Waals surface area (Å²) in [6.45, 7) is 1.03. The zero-order chi connectivity index (χ0) is 17.6. The summed E-state index contributed by atoms with van der Waals surface area (Å²) in [5.41, 5.74) is 1.08. The van der Waals surface area contributed by atoms with E-state index in [4.69, 9.17) is 9.57 Å². The highest BCUT2D eigenvalue weighted by Gasteiger charge is 2.29. The van der Waals surface area contributed by atoms with Gasteiger partial charge in [-0.1, -0.05) is 17.3 Å². The van der Waals surface area contributed by atoms with Crippen molar-refractivity contribution in [3.63, 3.8) is 0 Å². The number of benzene rings is 1. The SMILES string of the molecule is O=C(CNC(=O)[C@@H]1CC(c2cccc(F)c2)=NO1)NC[C@H]1CCCO1. The fraction of sp³-hybridized carbons (Fsp3) is 0.471. The van der Waals surface area contributed by atoms with Crippen LogP contribution >= 0.6 is 0 Å². The standard InChI is InChI=1S/C17H20FN3O4/c18-12-4-1-3-11(7-12)14-8-15(25-21-14)17(23)20-10-16(22)19-9-13-5-2-6-24-13/h1,3-4,7,13,15H,2,5-6,8-10H2,(H,19,22)(H,20,23)/t13-,15+/m1/s1. The molecule has 3 rings (SSSR count). The van der Waals surface area contributed by atoms with E-state index in [2.05, 4.69) is 15.8 Å². The molecule has 1 saturated heterocycles. The van der Waals surface area contributed by atoms with Crippen LogP contribution in [0.15, 0.2) is 29.4 Å². The fourth-order valence-corrected chi connectivity index (χ4v) is 2.73. The van der Waals surface area contributed by atoms with Gasteiger partial charge in [0.25, 0.3) is 5.91 Å². The fourth-order valence-electron chi connectivity index (χ4n) is 2.73. The Hall–Kier alpha value is -2.48. The van der Waals surface area contributed by atoms with E-state index in [1.165, 1.54) is 12.1 Å². The minimum atomic E-state index is -0.816. The molecular weight excluding hydrogens is 329 g/mol. The van der Waals surface area contributed by atoms with Gasteiger partial charge >= 0.3 is 0 Å². The minimum Gasteiger partial charge on any atom is -0.382 e. The number of ether oxygens (including phenoxy) is 1. The molecule has 134 valence electrons. The highest BCUT2D eigenvalue weighted by atomic mass is 19.1. The predicted molar refractivity (Wildman–Crippen MR) is 87.4 cm³/mol. The lowest BCUT2D eigenvalue weighted by molar-refractivity contribution is -0.133. The van der Waals surface area contributed by atoms with E-state index in [-0.39, 0.29) is 30.8 Å². The average molecular weight is 349 g/mol. The maximum absolute atomic E-state index is 13.2. The molecule has 8 heteroatoms. The number of carbonyl (C=O) groups is 2. The van der Waals surface area contributed by atoms with E-state index in [1.54, 1.807) is 12.1 Å². The van der Waals surface area contributed by atoms with Crippen LogP contribution in [0.2, 0.25) is 0 Å². The van der Waals surface area contributed by atoms with E-state index >= 15 is 0 Å². The Kier molecular flexibility index (Phi) is 5.60. The molecular formula is C17H20FN3O4. The van der Waals surface area contributed by atoms with Crippen molar-refractivity contribution in [3.05, 3.63) is 35.6 Å². The van der Waals surface area contributed by atoms with Gasteiger partial charge in [0.2, 0.25) is 12.0 Å². The molecule has 0 bridgehead atoms. The number of carbonyl (C=O) groups excluding carboxylic acids is 2. The normalized spacial score (nSPS) is 22.2. The third-order valence-corrected chi connectivity index (χ3v) is 4.09. The Bertz CT molecular complexity index is 674. The number of halogens is 1. The number of hydrogen-bond donors (Lipinski definition) is 2. The lowest BCUT2D eigenvalue weighted by atomic mass is 10.0. The molecule has 1 aromatic carbocycles. The van der Waals surface area contributed by atoms with Gasteiger partial charge < -0.3 is 20.2 Å². The molecule has 2 amide bonds. The smallest absolute Gasteiger partial charge is 0.264 e. The van der Waals surface area contributed by atoms with E-state index in [0.717, 1.165) is 19.4 Å². The third kappa shape index (κ3) is 4.76. The number of oxime groups is 1. The molecule has 0 spiro atoms. The van der Waals surface area contributed by atoms with Gasteiger partial charge in [-0.05, 0) is 25.0 Å². The summed E-state index contributed by atoms with van der Waals surface area (Å²) in [5.74, 6) is -1.09. The Labute approximate surface area is 144 Å². The highest BCUT2D eigenvalue weighted by molar-refractivity contribution is 6.04. The van der Waals surface area contributed by atoms with Gasteiger partial charge in [-0.2, -0.15) is 0 Å². The Morgan fingerprint density at radius 2 is 2.20 bits per heavy atom. The van der Waals surface area contributed by atoms with Crippen LogP contribution in [0.25, 0.3) is 0 Å². The maximum Gasteiger partial charge on any atom is 0.264 e. The average Bonchev–Trinajstić information content (AvgIpc) is 3.29. The second-order valence-electron chi connectivity index (χ2n) is 6.00. The van der Waals surface area contributed by atoms with Crippen LogP contribution in [0.4, 0.5) is 4.39 Å². The van der Waals surface area contributed by atoms with E-state index in [0.29, 0.717) is 17.8 Å². The molecule has 2 atom stereocenters. The quantitative estimate of drug-likeness (QED) is 0.792. The van der Waals surface area contributed by atoms with Crippen molar-refractivity contribution in [2.75, 3.05) is 19.7 Å². The van der Waals surface area contributed by atoms with Crippen LogP contribution in [-0.2, 0) is 19.2 Å². The summed E-state index contributed by atoms with van der Waals surface area (Å²) in [6, 6.07) is 5.93. The summed E-state index contributed by atoms with van der Waals surface area (Å²) in [6.07, 6.45) is 1.41. The second kappa shape index (κ2) is 8.06. The van der Waals surface area contributed by atoms with Gasteiger partial charge in [-0.15, -0.1) is 0 Å². The van der Waals surface area contributed by atoms with Crippen LogP contribution in [0.3, 0.4) is 0 Å². The number of nitrogens with one attached hydrogen (secondary N) is 2. The van der Waals surface area contributed by atoms with E-state index in [9.17, 15) is 14.0 Å². The first-order chi connectivity index (χ1) is 12.1. The largest absolute Gasteiger partial charge is 0.382 e. The molecule has 0 aliphatic carbocycles. The molecule has 2 aliphatic rings. The Morgan fingerprint density at radius 1 is 1.32 bits per heavy atom. The van der Waals surface area contributed by atoms with Gasteiger partial charge in [0.05, 0.1) is 18.4 Å². The number of amides is 2. The monoisotopic (exact) mass is 349 g/mol. The summed E-state index contributed by atoms with van der Waals surface area (Å²) >= 11 is 0. The molecule has 25 heavy (non-hydrogen) atoms. The first-order valence-corrected chi connectivity index (χ1v) is 8.26. The van der Waals surface area contributed by atoms with Crippen molar-refractivity contribution in [3.8, 4) is 0 Å². The molecule has 7 nitrogen and oxygen atoms in total. The minimum absolute atomic E-state index is 0.0556. The van der Waals surface area contributed by atoms with Gasteiger partial charge in [-0.25, -0.2) is 4.39 Å². The van der Waals surface area contributed by atoms with Crippen molar-refractivity contribution in [1.82, 2.24) is 10.6 Å².